The third-order valence-corrected chi connectivity index (χ3v) is 5.66. The second-order valence-corrected chi connectivity index (χ2v) is 9.42. The molecule has 0 aromatic heterocycles. The van der Waals surface area contributed by atoms with E-state index in [1.165, 1.54) is 4.31 Å². The van der Waals surface area contributed by atoms with Gasteiger partial charge in [0.1, 0.15) is 11.8 Å². The van der Waals surface area contributed by atoms with Gasteiger partial charge in [-0.1, -0.05) is 24.3 Å². The molecule has 0 bridgehead atoms. The van der Waals surface area contributed by atoms with Crippen molar-refractivity contribution in [3.05, 3.63) is 59.2 Å². The lowest BCUT2D eigenvalue weighted by molar-refractivity contribution is -0.122. The Balaban J connectivity index is 2.19. The summed E-state index contributed by atoms with van der Waals surface area (Å²) in [5, 5.41) is 2.84. The molecule has 2 rings (SSSR count). The highest BCUT2D eigenvalue weighted by atomic mass is 32.2. The lowest BCUT2D eigenvalue weighted by atomic mass is 10.1. The van der Waals surface area contributed by atoms with Crippen molar-refractivity contribution in [2.75, 3.05) is 10.6 Å². The molecule has 0 radical (unpaired) electrons. The average Bonchev–Trinajstić information content (AvgIpc) is 2.61. The smallest absolute Gasteiger partial charge is 0.243 e. The van der Waals surface area contributed by atoms with Crippen LogP contribution in [0.2, 0.25) is 0 Å². The molecule has 1 N–H and O–H groups in total. The van der Waals surface area contributed by atoms with Crippen molar-refractivity contribution in [3.63, 3.8) is 0 Å². The van der Waals surface area contributed by atoms with E-state index in [1.807, 2.05) is 64.1 Å². The number of nitrogens with zero attached hydrogens (tertiary/aromatic N) is 1. The number of nitrogens with one attached hydrogen (secondary N) is 1. The first-order valence-corrected chi connectivity index (χ1v) is 11.4. The first-order valence-electron chi connectivity index (χ1n) is 9.59. The van der Waals surface area contributed by atoms with E-state index in [1.54, 1.807) is 13.0 Å². The molecule has 1 atom stereocenters. The maximum atomic E-state index is 12.8. The quantitative estimate of drug-likeness (QED) is 0.711. The highest BCUT2D eigenvalue weighted by molar-refractivity contribution is 7.92. The van der Waals surface area contributed by atoms with Crippen molar-refractivity contribution >= 4 is 21.6 Å². The Bertz CT molecular complexity index is 971. The van der Waals surface area contributed by atoms with Crippen LogP contribution in [-0.4, -0.2) is 32.7 Å². The minimum Gasteiger partial charge on any atom is -0.491 e. The van der Waals surface area contributed by atoms with E-state index in [2.05, 4.69) is 5.32 Å². The molecule has 0 aliphatic heterocycles. The Kier molecular flexibility index (Phi) is 7.30. The van der Waals surface area contributed by atoms with Gasteiger partial charge in [-0.25, -0.2) is 8.42 Å². The molecular weight excluding hydrogens is 388 g/mol. The van der Waals surface area contributed by atoms with Crippen molar-refractivity contribution < 1.29 is 17.9 Å². The predicted molar refractivity (Wildman–Crippen MR) is 117 cm³/mol. The van der Waals surface area contributed by atoms with Gasteiger partial charge in [-0.05, 0) is 69.5 Å². The summed E-state index contributed by atoms with van der Waals surface area (Å²) in [4.78, 5) is 12.8. The molecule has 0 aliphatic rings. The zero-order chi connectivity index (χ0) is 21.8. The number of benzene rings is 2. The fraction of sp³-hybridized carbons (Fsp3) is 0.409. The third kappa shape index (κ3) is 6.22. The van der Waals surface area contributed by atoms with E-state index in [0.717, 1.165) is 28.7 Å². The van der Waals surface area contributed by atoms with Crippen LogP contribution < -0.4 is 14.4 Å². The molecule has 0 aliphatic carbocycles. The monoisotopic (exact) mass is 418 g/mol. The Morgan fingerprint density at radius 3 is 2.41 bits per heavy atom. The van der Waals surface area contributed by atoms with E-state index in [4.69, 9.17) is 4.74 Å². The minimum absolute atomic E-state index is 0.0563. The van der Waals surface area contributed by atoms with Gasteiger partial charge in [0.05, 0.1) is 18.0 Å². The van der Waals surface area contributed by atoms with Crippen molar-refractivity contribution in [2.24, 2.45) is 0 Å². The van der Waals surface area contributed by atoms with E-state index < -0.39 is 16.1 Å². The molecular formula is C22H30N2O4S. The Morgan fingerprint density at radius 2 is 1.79 bits per heavy atom. The molecule has 158 valence electrons. The summed E-state index contributed by atoms with van der Waals surface area (Å²) >= 11 is 0. The van der Waals surface area contributed by atoms with Crippen molar-refractivity contribution in [1.82, 2.24) is 5.32 Å². The normalized spacial score (nSPS) is 12.5. The molecule has 29 heavy (non-hydrogen) atoms. The van der Waals surface area contributed by atoms with Crippen LogP contribution in [0.1, 0.15) is 37.5 Å². The summed E-state index contributed by atoms with van der Waals surface area (Å²) in [7, 11) is -3.65. The van der Waals surface area contributed by atoms with Crippen LogP contribution in [0.15, 0.2) is 42.5 Å². The maximum absolute atomic E-state index is 12.8. The van der Waals surface area contributed by atoms with Gasteiger partial charge in [-0.3, -0.25) is 9.10 Å². The zero-order valence-electron chi connectivity index (χ0n) is 17.9. The van der Waals surface area contributed by atoms with Gasteiger partial charge in [-0.2, -0.15) is 0 Å². The molecule has 0 saturated carbocycles. The topological polar surface area (TPSA) is 75.7 Å². The van der Waals surface area contributed by atoms with Crippen molar-refractivity contribution in [1.29, 1.82) is 0 Å². The van der Waals surface area contributed by atoms with Crippen molar-refractivity contribution in [3.8, 4) is 5.75 Å². The van der Waals surface area contributed by atoms with Crippen LogP contribution in [0.5, 0.6) is 5.75 Å². The van der Waals surface area contributed by atoms with Gasteiger partial charge < -0.3 is 10.1 Å². The van der Waals surface area contributed by atoms with Crippen LogP contribution in [0.3, 0.4) is 0 Å². The molecule has 6 nitrogen and oxygen atoms in total. The van der Waals surface area contributed by atoms with Crippen LogP contribution in [0.25, 0.3) is 0 Å². The van der Waals surface area contributed by atoms with Crippen LogP contribution in [0, 0.1) is 13.8 Å². The molecule has 0 saturated heterocycles. The zero-order valence-corrected chi connectivity index (χ0v) is 18.7. The van der Waals surface area contributed by atoms with E-state index in [-0.39, 0.29) is 18.6 Å². The number of amides is 1. The molecule has 1 amide bonds. The Labute approximate surface area is 173 Å². The number of carbonyl (C=O) groups is 1. The van der Waals surface area contributed by atoms with Gasteiger partial charge in [0, 0.05) is 6.54 Å². The highest BCUT2D eigenvalue weighted by Gasteiger charge is 2.30. The molecule has 0 spiro atoms. The molecule has 2 aromatic rings. The fourth-order valence-electron chi connectivity index (χ4n) is 3.08. The summed E-state index contributed by atoms with van der Waals surface area (Å²) in [6.07, 6.45) is 1.17. The lowest BCUT2D eigenvalue weighted by Gasteiger charge is -2.29. The Morgan fingerprint density at radius 1 is 1.10 bits per heavy atom. The summed E-state index contributed by atoms with van der Waals surface area (Å²) in [5.74, 6) is 0.361. The summed E-state index contributed by atoms with van der Waals surface area (Å²) in [6.45, 7) is 9.49. The number of rotatable bonds is 8. The van der Waals surface area contributed by atoms with Crippen LogP contribution >= 0.6 is 0 Å². The number of anilines is 1. The van der Waals surface area contributed by atoms with E-state index in [0.29, 0.717) is 5.69 Å². The second kappa shape index (κ2) is 9.31. The first kappa shape index (κ1) is 22.7. The largest absolute Gasteiger partial charge is 0.491 e. The summed E-state index contributed by atoms with van der Waals surface area (Å²) in [6, 6.07) is 12.1. The van der Waals surface area contributed by atoms with E-state index >= 15 is 0 Å². The first-order chi connectivity index (χ1) is 13.5. The SMILES string of the molecule is Cc1ccc(C)c(N(C(C)C(=O)NCc2cccc(OC(C)C)c2)S(C)(=O)=O)c1. The predicted octanol–water partition coefficient (Wildman–Crippen LogP) is 3.56. The van der Waals surface area contributed by atoms with Crippen molar-refractivity contribution in [2.45, 2.75) is 53.3 Å². The summed E-state index contributed by atoms with van der Waals surface area (Å²) < 4.78 is 31.8. The maximum Gasteiger partial charge on any atom is 0.243 e. The highest BCUT2D eigenvalue weighted by Crippen LogP contribution is 2.26. The van der Waals surface area contributed by atoms with Gasteiger partial charge in [-0.15, -0.1) is 0 Å². The third-order valence-electron chi connectivity index (χ3n) is 4.43. The van der Waals surface area contributed by atoms with Gasteiger partial charge in [0.25, 0.3) is 0 Å². The lowest BCUT2D eigenvalue weighted by Crippen LogP contribution is -2.48. The number of hydrogen-bond acceptors (Lipinski definition) is 4. The average molecular weight is 419 g/mol. The second-order valence-electron chi connectivity index (χ2n) is 7.56. The number of aryl methyl sites for hydroxylation is 2. The minimum atomic E-state index is -3.65. The molecule has 7 heteroatoms. The van der Waals surface area contributed by atoms with Crippen LogP contribution in [-0.2, 0) is 21.4 Å². The standard InChI is InChI=1S/C22H30N2O4S/c1-15(2)28-20-9-7-8-19(13-20)14-23-22(25)18(5)24(29(6,26)27)21-12-16(3)10-11-17(21)4/h7-13,15,18H,14H2,1-6H3,(H,23,25). The van der Waals surface area contributed by atoms with Gasteiger partial charge >= 0.3 is 0 Å². The summed E-state index contributed by atoms with van der Waals surface area (Å²) in [5.41, 5.74) is 3.11. The van der Waals surface area contributed by atoms with E-state index in [9.17, 15) is 13.2 Å². The van der Waals surface area contributed by atoms with Gasteiger partial charge in [0.15, 0.2) is 0 Å². The number of ether oxygens (including phenoxy) is 1. The van der Waals surface area contributed by atoms with Crippen LogP contribution in [0.4, 0.5) is 5.69 Å². The molecule has 1 unspecified atom stereocenters. The Hall–Kier alpha value is -2.54. The number of carbonyl (C=O) groups excluding carboxylic acids is 1. The molecule has 0 heterocycles. The van der Waals surface area contributed by atoms with Gasteiger partial charge in [0.2, 0.25) is 15.9 Å². The number of sulfonamides is 1. The fourth-order valence-corrected chi connectivity index (χ4v) is 4.30. The molecule has 2 aromatic carbocycles. The molecule has 0 fully saturated rings. The number of hydrogen-bond donors (Lipinski definition) is 1.